The van der Waals surface area contributed by atoms with Crippen LogP contribution in [0.5, 0.6) is 0 Å². The van der Waals surface area contributed by atoms with Crippen molar-refractivity contribution in [2.24, 2.45) is 0 Å². The first-order valence-corrected chi connectivity index (χ1v) is 10.9. The normalized spacial score (nSPS) is 18.3. The maximum atomic E-state index is 13.4. The van der Waals surface area contributed by atoms with Crippen molar-refractivity contribution in [3.8, 4) is 15.6 Å². The standard InChI is InChI=1S/C23H27FN4OS/c1-22(2)13-17(14-23(3,4)27-22)25-20(29)18-19(15-7-9-16(24)10-8-15)30-21(26-18)28-11-5-6-12-28/h5-12,17,27H,13-14H2,1-4H3,(H,25,29). The Morgan fingerprint density at radius 2 is 1.73 bits per heavy atom. The number of hydrogen-bond acceptors (Lipinski definition) is 4. The van der Waals surface area contributed by atoms with Gasteiger partial charge in [-0.05, 0) is 70.4 Å². The highest BCUT2D eigenvalue weighted by atomic mass is 32.1. The highest BCUT2D eigenvalue weighted by Gasteiger charge is 2.38. The zero-order valence-corrected chi connectivity index (χ0v) is 18.5. The summed E-state index contributed by atoms with van der Waals surface area (Å²) < 4.78 is 15.3. The molecule has 0 atom stereocenters. The highest BCUT2D eigenvalue weighted by Crippen LogP contribution is 2.34. The van der Waals surface area contributed by atoms with Crippen molar-refractivity contribution in [1.29, 1.82) is 0 Å². The summed E-state index contributed by atoms with van der Waals surface area (Å²) in [6.45, 7) is 8.63. The van der Waals surface area contributed by atoms with Crippen molar-refractivity contribution in [3.63, 3.8) is 0 Å². The molecule has 4 rings (SSSR count). The Kier molecular flexibility index (Phi) is 5.28. The fourth-order valence-corrected chi connectivity index (χ4v) is 5.55. The Morgan fingerprint density at radius 3 is 2.33 bits per heavy atom. The number of aromatic nitrogens is 2. The highest BCUT2D eigenvalue weighted by molar-refractivity contribution is 7.17. The third kappa shape index (κ3) is 4.47. The van der Waals surface area contributed by atoms with Crippen LogP contribution in [0.2, 0.25) is 0 Å². The molecule has 1 aromatic carbocycles. The Balaban J connectivity index is 1.66. The van der Waals surface area contributed by atoms with Crippen LogP contribution in [0, 0.1) is 5.82 Å². The maximum Gasteiger partial charge on any atom is 0.271 e. The van der Waals surface area contributed by atoms with Gasteiger partial charge in [-0.2, -0.15) is 0 Å². The summed E-state index contributed by atoms with van der Waals surface area (Å²) in [4.78, 5) is 18.7. The van der Waals surface area contributed by atoms with Crippen LogP contribution in [-0.2, 0) is 0 Å². The molecule has 0 radical (unpaired) electrons. The zero-order chi connectivity index (χ0) is 21.5. The number of hydrogen-bond donors (Lipinski definition) is 2. The molecular formula is C23H27FN4OS. The third-order valence-corrected chi connectivity index (χ3v) is 6.41. The van der Waals surface area contributed by atoms with Crippen molar-refractivity contribution in [3.05, 3.63) is 60.3 Å². The van der Waals surface area contributed by atoms with Gasteiger partial charge in [-0.1, -0.05) is 23.5 Å². The minimum atomic E-state index is -0.306. The fraction of sp³-hybridized carbons (Fsp3) is 0.391. The molecule has 2 aromatic heterocycles. The quantitative estimate of drug-likeness (QED) is 0.631. The van der Waals surface area contributed by atoms with E-state index in [1.54, 1.807) is 12.1 Å². The van der Waals surface area contributed by atoms with Crippen LogP contribution in [-0.4, -0.2) is 32.6 Å². The monoisotopic (exact) mass is 426 g/mol. The van der Waals surface area contributed by atoms with E-state index in [1.165, 1.54) is 23.5 Å². The summed E-state index contributed by atoms with van der Waals surface area (Å²) in [5.41, 5.74) is 1.02. The number of amides is 1. The van der Waals surface area contributed by atoms with Crippen molar-refractivity contribution < 1.29 is 9.18 Å². The van der Waals surface area contributed by atoms with E-state index in [4.69, 9.17) is 0 Å². The first-order valence-electron chi connectivity index (χ1n) is 10.1. The van der Waals surface area contributed by atoms with Gasteiger partial charge in [0.2, 0.25) is 0 Å². The SMILES string of the molecule is CC1(C)CC(NC(=O)c2nc(-n3cccc3)sc2-c2ccc(F)cc2)CC(C)(C)N1. The van der Waals surface area contributed by atoms with Crippen LogP contribution in [0.1, 0.15) is 51.0 Å². The number of nitrogens with one attached hydrogen (secondary N) is 2. The van der Waals surface area contributed by atoms with Gasteiger partial charge >= 0.3 is 0 Å². The van der Waals surface area contributed by atoms with Crippen LogP contribution in [0.4, 0.5) is 4.39 Å². The van der Waals surface area contributed by atoms with Crippen LogP contribution in [0.3, 0.4) is 0 Å². The molecule has 0 saturated carbocycles. The molecule has 158 valence electrons. The summed E-state index contributed by atoms with van der Waals surface area (Å²) in [6.07, 6.45) is 5.46. The summed E-state index contributed by atoms with van der Waals surface area (Å²) in [5.74, 6) is -0.499. The lowest BCUT2D eigenvalue weighted by molar-refractivity contribution is 0.0869. The molecule has 30 heavy (non-hydrogen) atoms. The van der Waals surface area contributed by atoms with E-state index in [0.717, 1.165) is 23.3 Å². The zero-order valence-electron chi connectivity index (χ0n) is 17.7. The first-order chi connectivity index (χ1) is 14.1. The number of nitrogens with zero attached hydrogens (tertiary/aromatic N) is 2. The van der Waals surface area contributed by atoms with Crippen molar-refractivity contribution in [2.75, 3.05) is 0 Å². The molecule has 0 spiro atoms. The number of piperidine rings is 1. The molecule has 0 aliphatic carbocycles. The van der Waals surface area contributed by atoms with Gasteiger partial charge in [-0.25, -0.2) is 9.37 Å². The van der Waals surface area contributed by atoms with E-state index >= 15 is 0 Å². The third-order valence-electron chi connectivity index (χ3n) is 5.29. The second-order valence-electron chi connectivity index (χ2n) is 9.24. The second-order valence-corrected chi connectivity index (χ2v) is 10.2. The molecule has 2 N–H and O–H groups in total. The predicted octanol–water partition coefficient (Wildman–Crippen LogP) is 4.78. The molecule has 3 heterocycles. The summed E-state index contributed by atoms with van der Waals surface area (Å²) >= 11 is 1.42. The van der Waals surface area contributed by atoms with Gasteiger partial charge in [0.25, 0.3) is 5.91 Å². The van der Waals surface area contributed by atoms with Gasteiger partial charge in [-0.15, -0.1) is 0 Å². The number of rotatable bonds is 4. The summed E-state index contributed by atoms with van der Waals surface area (Å²) in [7, 11) is 0. The Labute approximate surface area is 180 Å². The molecule has 5 nitrogen and oxygen atoms in total. The number of carbonyl (C=O) groups excluding carboxylic acids is 1. The number of benzene rings is 1. The first kappa shape index (κ1) is 20.8. The van der Waals surface area contributed by atoms with E-state index in [1.807, 2.05) is 29.1 Å². The van der Waals surface area contributed by atoms with Gasteiger partial charge in [0.1, 0.15) is 11.5 Å². The van der Waals surface area contributed by atoms with E-state index in [2.05, 4.69) is 43.3 Å². The molecule has 0 unspecified atom stereocenters. The van der Waals surface area contributed by atoms with Gasteiger partial charge in [0, 0.05) is 29.5 Å². The smallest absolute Gasteiger partial charge is 0.271 e. The lowest BCUT2D eigenvalue weighted by Crippen LogP contribution is -2.62. The van der Waals surface area contributed by atoms with E-state index in [0.29, 0.717) is 10.8 Å². The Hall–Kier alpha value is -2.51. The summed E-state index contributed by atoms with van der Waals surface area (Å²) in [5, 5.41) is 7.55. The largest absolute Gasteiger partial charge is 0.348 e. The number of carbonyl (C=O) groups is 1. The average Bonchev–Trinajstić information content (AvgIpc) is 3.29. The average molecular weight is 427 g/mol. The van der Waals surface area contributed by atoms with Gasteiger partial charge in [0.05, 0.1) is 4.88 Å². The van der Waals surface area contributed by atoms with Crippen molar-refractivity contribution in [1.82, 2.24) is 20.2 Å². The van der Waals surface area contributed by atoms with Gasteiger partial charge in [-0.3, -0.25) is 4.79 Å². The lowest BCUT2D eigenvalue weighted by atomic mass is 9.79. The van der Waals surface area contributed by atoms with Gasteiger partial charge < -0.3 is 15.2 Å². The van der Waals surface area contributed by atoms with Crippen LogP contribution in [0.25, 0.3) is 15.6 Å². The molecule has 1 aliphatic heterocycles. The summed E-state index contributed by atoms with van der Waals surface area (Å²) in [6, 6.07) is 10.1. The van der Waals surface area contributed by atoms with Crippen molar-refractivity contribution >= 4 is 17.2 Å². The van der Waals surface area contributed by atoms with Crippen LogP contribution in [0.15, 0.2) is 48.8 Å². The molecule has 7 heteroatoms. The topological polar surface area (TPSA) is 59.0 Å². The minimum absolute atomic E-state index is 0.0431. The maximum absolute atomic E-state index is 13.4. The molecule has 0 bridgehead atoms. The molecule has 3 aromatic rings. The number of thiazole rings is 1. The predicted molar refractivity (Wildman–Crippen MR) is 119 cm³/mol. The fourth-order valence-electron chi connectivity index (χ4n) is 4.51. The van der Waals surface area contributed by atoms with Gasteiger partial charge in [0.15, 0.2) is 5.13 Å². The second kappa shape index (κ2) is 7.63. The molecule has 1 fully saturated rings. The molecule has 1 aliphatic rings. The van der Waals surface area contributed by atoms with E-state index < -0.39 is 0 Å². The Morgan fingerprint density at radius 1 is 1.13 bits per heavy atom. The van der Waals surface area contributed by atoms with Crippen LogP contribution < -0.4 is 10.6 Å². The van der Waals surface area contributed by atoms with Crippen molar-refractivity contribution in [2.45, 2.75) is 57.7 Å². The number of halogens is 1. The minimum Gasteiger partial charge on any atom is -0.348 e. The van der Waals surface area contributed by atoms with E-state index in [9.17, 15) is 9.18 Å². The lowest BCUT2D eigenvalue weighted by Gasteiger charge is -2.46. The molecular weight excluding hydrogens is 399 g/mol. The Bertz CT molecular complexity index is 1020. The van der Waals surface area contributed by atoms with Crippen LogP contribution >= 0.6 is 11.3 Å². The van der Waals surface area contributed by atoms with E-state index in [-0.39, 0.29) is 28.8 Å². The molecule has 1 saturated heterocycles. The molecule has 1 amide bonds.